The second kappa shape index (κ2) is 8.20. The summed E-state index contributed by atoms with van der Waals surface area (Å²) in [6.07, 6.45) is 9.75. The number of nitrogens with zero attached hydrogens (tertiary/aromatic N) is 4. The third kappa shape index (κ3) is 4.13. The number of pyridine rings is 1. The van der Waals surface area contributed by atoms with Gasteiger partial charge in [0.2, 0.25) is 0 Å². The van der Waals surface area contributed by atoms with E-state index in [1.54, 1.807) is 6.20 Å². The zero-order valence-electron chi connectivity index (χ0n) is 16.7. The van der Waals surface area contributed by atoms with Crippen LogP contribution in [0.25, 0.3) is 0 Å². The number of amides is 2. The second-order valence-corrected chi connectivity index (χ2v) is 7.90. The maximum atomic E-state index is 12.6. The lowest BCUT2D eigenvalue weighted by atomic mass is 9.99. The fourth-order valence-electron chi connectivity index (χ4n) is 4.17. The van der Waals surface area contributed by atoms with Crippen molar-refractivity contribution in [2.24, 2.45) is 0 Å². The van der Waals surface area contributed by atoms with Gasteiger partial charge in [-0.05, 0) is 32.8 Å². The minimum atomic E-state index is 0.0268. The number of carbonyl (C=O) groups is 1. The number of rotatable bonds is 4. The number of imidazole rings is 1. The largest absolute Gasteiger partial charge is 0.490 e. The van der Waals surface area contributed by atoms with Crippen molar-refractivity contribution in [1.82, 2.24) is 24.8 Å². The zero-order valence-corrected chi connectivity index (χ0v) is 16.7. The van der Waals surface area contributed by atoms with Crippen LogP contribution in [0.15, 0.2) is 24.7 Å². The number of urea groups is 1. The van der Waals surface area contributed by atoms with Crippen LogP contribution in [0.4, 0.5) is 4.79 Å². The highest BCUT2D eigenvalue weighted by Crippen LogP contribution is 2.26. The summed E-state index contributed by atoms with van der Waals surface area (Å²) in [5, 5.41) is 3.13. The van der Waals surface area contributed by atoms with Crippen LogP contribution in [-0.2, 0) is 6.54 Å². The Kier molecular flexibility index (Phi) is 5.50. The van der Waals surface area contributed by atoms with E-state index < -0.39 is 0 Å². The molecule has 2 aliphatic rings. The monoisotopic (exact) mass is 383 g/mol. The zero-order chi connectivity index (χ0) is 19.5. The van der Waals surface area contributed by atoms with E-state index in [2.05, 4.69) is 26.0 Å². The quantitative estimate of drug-likeness (QED) is 0.881. The fourth-order valence-corrected chi connectivity index (χ4v) is 4.17. The third-order valence-corrected chi connectivity index (χ3v) is 5.74. The average molecular weight is 383 g/mol. The summed E-state index contributed by atoms with van der Waals surface area (Å²) in [5.41, 5.74) is 2.10. The van der Waals surface area contributed by atoms with Crippen molar-refractivity contribution in [1.29, 1.82) is 0 Å². The Morgan fingerprint density at radius 2 is 2.07 bits per heavy atom. The van der Waals surface area contributed by atoms with Crippen molar-refractivity contribution in [3.63, 3.8) is 0 Å². The lowest BCUT2D eigenvalue weighted by molar-refractivity contribution is 0.110. The van der Waals surface area contributed by atoms with Gasteiger partial charge in [-0.2, -0.15) is 0 Å². The molecule has 0 aliphatic carbocycles. The van der Waals surface area contributed by atoms with Crippen molar-refractivity contribution in [3.05, 3.63) is 41.7 Å². The number of hydrogen-bond acceptors (Lipinski definition) is 4. The highest BCUT2D eigenvalue weighted by atomic mass is 16.5. The minimum Gasteiger partial charge on any atom is -0.490 e. The number of aryl methyl sites for hydroxylation is 3. The molecule has 150 valence electrons. The molecule has 1 unspecified atom stereocenters. The first-order valence-corrected chi connectivity index (χ1v) is 10.2. The van der Waals surface area contributed by atoms with Gasteiger partial charge in [0, 0.05) is 69.1 Å². The number of aromatic nitrogens is 3. The van der Waals surface area contributed by atoms with Gasteiger partial charge in [-0.25, -0.2) is 9.78 Å². The molecule has 0 aromatic carbocycles. The smallest absolute Gasteiger partial charge is 0.317 e. The lowest BCUT2D eigenvalue weighted by Gasteiger charge is -2.33. The molecule has 1 N–H and O–H groups in total. The van der Waals surface area contributed by atoms with Gasteiger partial charge in [0.25, 0.3) is 0 Å². The van der Waals surface area contributed by atoms with Gasteiger partial charge >= 0.3 is 6.03 Å². The van der Waals surface area contributed by atoms with Gasteiger partial charge < -0.3 is 19.5 Å². The Bertz CT molecular complexity index is 826. The summed E-state index contributed by atoms with van der Waals surface area (Å²) in [4.78, 5) is 23.3. The molecule has 7 nitrogen and oxygen atoms in total. The molecule has 2 aromatic heterocycles. The third-order valence-electron chi connectivity index (χ3n) is 5.74. The van der Waals surface area contributed by atoms with Crippen molar-refractivity contribution in [2.75, 3.05) is 19.6 Å². The van der Waals surface area contributed by atoms with Crippen molar-refractivity contribution >= 4 is 6.03 Å². The molecule has 2 amide bonds. The van der Waals surface area contributed by atoms with Crippen LogP contribution in [0, 0.1) is 13.8 Å². The number of nitrogens with one attached hydrogen (secondary N) is 1. The van der Waals surface area contributed by atoms with Gasteiger partial charge in [0.1, 0.15) is 17.7 Å². The molecule has 7 heteroatoms. The fraction of sp³-hybridized carbons (Fsp3) is 0.571. The van der Waals surface area contributed by atoms with E-state index in [1.165, 1.54) is 0 Å². The Morgan fingerprint density at radius 1 is 1.25 bits per heavy atom. The highest BCUT2D eigenvalue weighted by Gasteiger charge is 2.27. The topological polar surface area (TPSA) is 72.3 Å². The Hall–Kier alpha value is -2.57. The number of hydrogen-bond donors (Lipinski definition) is 1. The first-order valence-electron chi connectivity index (χ1n) is 10.2. The first kappa shape index (κ1) is 18.8. The molecule has 0 bridgehead atoms. The van der Waals surface area contributed by atoms with Crippen molar-refractivity contribution in [3.8, 4) is 5.75 Å². The van der Waals surface area contributed by atoms with Gasteiger partial charge in [0.15, 0.2) is 0 Å². The molecular weight excluding hydrogens is 354 g/mol. The van der Waals surface area contributed by atoms with Crippen LogP contribution in [0.3, 0.4) is 0 Å². The van der Waals surface area contributed by atoms with Crippen LogP contribution in [0.2, 0.25) is 0 Å². The van der Waals surface area contributed by atoms with Crippen LogP contribution in [-0.4, -0.2) is 51.2 Å². The summed E-state index contributed by atoms with van der Waals surface area (Å²) in [7, 11) is 0. The van der Waals surface area contributed by atoms with E-state index in [-0.39, 0.29) is 12.1 Å². The van der Waals surface area contributed by atoms with Gasteiger partial charge in [0.05, 0.1) is 5.69 Å². The van der Waals surface area contributed by atoms with E-state index in [0.717, 1.165) is 68.1 Å². The maximum Gasteiger partial charge on any atom is 0.317 e. The van der Waals surface area contributed by atoms with Gasteiger partial charge in [-0.3, -0.25) is 4.98 Å². The normalized spacial score (nSPS) is 19.9. The lowest BCUT2D eigenvalue weighted by Crippen LogP contribution is -2.47. The Balaban J connectivity index is 1.25. The van der Waals surface area contributed by atoms with E-state index in [4.69, 9.17) is 4.74 Å². The predicted octanol–water partition coefficient (Wildman–Crippen LogP) is 3.03. The predicted molar refractivity (Wildman–Crippen MR) is 107 cm³/mol. The maximum absolute atomic E-state index is 12.6. The minimum absolute atomic E-state index is 0.0268. The number of likely N-dealkylation sites (tertiary alicyclic amines) is 1. The molecule has 1 atom stereocenters. The molecular formula is C21H29N5O2. The second-order valence-electron chi connectivity index (χ2n) is 7.90. The standard InChI is InChI=1S/C21H29N5O2/c1-15-12-22-8-5-19(15)28-18-6-10-25(11-7-18)21(27)23-13-17-4-3-9-26-14-16(2)24-20(17)26/h5,8,12,14,17-18H,3-4,6-7,9-11,13H2,1-2H3,(H,23,27). The van der Waals surface area contributed by atoms with Crippen LogP contribution >= 0.6 is 0 Å². The number of piperidine rings is 1. The first-order chi connectivity index (χ1) is 13.6. The van der Waals surface area contributed by atoms with Crippen LogP contribution in [0.1, 0.15) is 48.7 Å². The number of carbonyl (C=O) groups excluding carboxylic acids is 1. The molecule has 1 fully saturated rings. The highest BCUT2D eigenvalue weighted by molar-refractivity contribution is 5.74. The summed E-state index contributed by atoms with van der Waals surface area (Å²) in [6, 6.07) is 1.93. The number of ether oxygens (including phenoxy) is 1. The van der Waals surface area contributed by atoms with Crippen LogP contribution < -0.4 is 10.1 Å². The molecule has 4 rings (SSSR count). The average Bonchev–Trinajstić information content (AvgIpc) is 3.09. The van der Waals surface area contributed by atoms with Gasteiger partial charge in [-0.15, -0.1) is 0 Å². The van der Waals surface area contributed by atoms with Crippen molar-refractivity contribution in [2.45, 2.75) is 58.1 Å². The number of fused-ring (bicyclic) bond motifs is 1. The molecule has 4 heterocycles. The summed E-state index contributed by atoms with van der Waals surface area (Å²) in [6.45, 7) is 7.16. The molecule has 0 spiro atoms. The molecule has 2 aliphatic heterocycles. The van der Waals surface area contributed by atoms with E-state index in [9.17, 15) is 4.79 Å². The molecule has 28 heavy (non-hydrogen) atoms. The molecule has 0 radical (unpaired) electrons. The molecule has 2 aromatic rings. The van der Waals surface area contributed by atoms with Crippen molar-refractivity contribution < 1.29 is 9.53 Å². The summed E-state index contributed by atoms with van der Waals surface area (Å²) < 4.78 is 8.34. The Labute approximate surface area is 166 Å². The SMILES string of the molecule is Cc1cn2c(n1)C(CNC(=O)N1CCC(Oc3ccncc3C)CC1)CCC2. The van der Waals surface area contributed by atoms with Gasteiger partial charge in [-0.1, -0.05) is 0 Å². The van der Waals surface area contributed by atoms with E-state index in [1.807, 2.05) is 31.0 Å². The van der Waals surface area contributed by atoms with E-state index in [0.29, 0.717) is 12.5 Å². The summed E-state index contributed by atoms with van der Waals surface area (Å²) >= 11 is 0. The molecule has 0 saturated carbocycles. The Morgan fingerprint density at radius 3 is 2.86 bits per heavy atom. The molecule has 1 saturated heterocycles. The van der Waals surface area contributed by atoms with E-state index >= 15 is 0 Å². The van der Waals surface area contributed by atoms with Crippen LogP contribution in [0.5, 0.6) is 5.75 Å². The summed E-state index contributed by atoms with van der Waals surface area (Å²) in [5.74, 6) is 2.31.